The minimum Gasteiger partial charge on any atom is -0.466 e. The summed E-state index contributed by atoms with van der Waals surface area (Å²) in [6, 6.07) is -0.631. The monoisotopic (exact) mass is 1150 g/mol. The normalized spacial score (nSPS) is 12.7. The van der Waals surface area contributed by atoms with Crippen molar-refractivity contribution in [3.8, 4) is 0 Å². The van der Waals surface area contributed by atoms with Crippen molar-refractivity contribution in [1.29, 1.82) is 0 Å². The molecule has 6 nitrogen and oxygen atoms in total. The van der Waals surface area contributed by atoms with E-state index in [1.165, 1.54) is 340 Å². The molecule has 0 heterocycles. The molecule has 6 heteroatoms. The molecular formula is C76H145NO5. The van der Waals surface area contributed by atoms with E-state index in [1.807, 2.05) is 6.08 Å². The summed E-state index contributed by atoms with van der Waals surface area (Å²) in [5.41, 5.74) is 0. The predicted molar refractivity (Wildman–Crippen MR) is 361 cm³/mol. The second-order valence-corrected chi connectivity index (χ2v) is 25.6. The first kappa shape index (κ1) is 80.1. The number of hydrogen-bond acceptors (Lipinski definition) is 5. The van der Waals surface area contributed by atoms with Gasteiger partial charge in [-0.2, -0.15) is 0 Å². The van der Waals surface area contributed by atoms with Crippen molar-refractivity contribution in [2.75, 3.05) is 13.2 Å². The lowest BCUT2D eigenvalue weighted by atomic mass is 10.0. The first-order valence-electron chi connectivity index (χ1n) is 37.3. The van der Waals surface area contributed by atoms with Crippen LogP contribution in [-0.4, -0.2) is 47.4 Å². The zero-order valence-corrected chi connectivity index (χ0v) is 55.5. The Hall–Kier alpha value is -1.92. The van der Waals surface area contributed by atoms with Gasteiger partial charge in [0.15, 0.2) is 0 Å². The minimum atomic E-state index is -0.848. The van der Waals surface area contributed by atoms with Crippen molar-refractivity contribution in [1.82, 2.24) is 5.32 Å². The van der Waals surface area contributed by atoms with E-state index in [1.54, 1.807) is 6.08 Å². The average molecular weight is 1150 g/mol. The van der Waals surface area contributed by atoms with Gasteiger partial charge in [0.2, 0.25) is 5.91 Å². The number of allylic oxidation sites excluding steroid dienone is 5. The van der Waals surface area contributed by atoms with Crippen LogP contribution in [0.1, 0.15) is 412 Å². The molecule has 484 valence electrons. The van der Waals surface area contributed by atoms with Crippen molar-refractivity contribution >= 4 is 11.9 Å². The number of carbonyl (C=O) groups excluding carboxylic acids is 2. The number of aliphatic hydroxyl groups is 2. The molecule has 0 bridgehead atoms. The molecule has 0 spiro atoms. The summed E-state index contributed by atoms with van der Waals surface area (Å²) in [5, 5.41) is 23.3. The lowest BCUT2D eigenvalue weighted by molar-refractivity contribution is -0.143. The van der Waals surface area contributed by atoms with Gasteiger partial charge in [-0.3, -0.25) is 9.59 Å². The van der Waals surface area contributed by atoms with Gasteiger partial charge >= 0.3 is 5.97 Å². The number of hydrogen-bond donors (Lipinski definition) is 3. The topological polar surface area (TPSA) is 95.9 Å². The lowest BCUT2D eigenvalue weighted by Crippen LogP contribution is -2.45. The molecule has 82 heavy (non-hydrogen) atoms. The molecule has 0 saturated heterocycles. The first-order chi connectivity index (χ1) is 40.5. The summed E-state index contributed by atoms with van der Waals surface area (Å²) in [4.78, 5) is 24.6. The number of amides is 1. The Morgan fingerprint density at radius 1 is 0.329 bits per heavy atom. The molecule has 3 N–H and O–H groups in total. The van der Waals surface area contributed by atoms with Gasteiger partial charge in [0.05, 0.1) is 25.4 Å². The fourth-order valence-corrected chi connectivity index (χ4v) is 11.7. The predicted octanol–water partition coefficient (Wildman–Crippen LogP) is 24.3. The van der Waals surface area contributed by atoms with Crippen molar-refractivity contribution < 1.29 is 24.5 Å². The maximum absolute atomic E-state index is 12.5. The molecular weight excluding hydrogens is 1010 g/mol. The standard InChI is InChI=1S/C76H145NO5/c1-3-5-7-9-11-13-15-17-19-20-21-22-23-28-31-34-37-41-44-48-52-56-60-64-68-74(79)73(72-78)77-75(80)69-65-61-57-53-49-45-42-38-35-32-29-26-24-25-27-30-33-36-39-43-47-51-55-59-63-67-71-82-76(81)70-66-62-58-54-50-46-40-18-16-14-12-10-8-6-4-2/h18,24,26,40,64,68,73-74,78-79H,3-17,19-23,25,27-39,41-63,65-67,69-72H2,1-2H3,(H,77,80)/b26-24-,40-18-,68-64+. The van der Waals surface area contributed by atoms with Crippen LogP contribution in [0.2, 0.25) is 0 Å². The van der Waals surface area contributed by atoms with Crippen LogP contribution >= 0.6 is 0 Å². The summed E-state index contributed by atoms with van der Waals surface area (Å²) >= 11 is 0. The third kappa shape index (κ3) is 67.2. The Morgan fingerprint density at radius 2 is 0.573 bits per heavy atom. The largest absolute Gasteiger partial charge is 0.466 e. The summed E-state index contributed by atoms with van der Waals surface area (Å²) in [6.45, 7) is 4.93. The molecule has 2 atom stereocenters. The molecule has 1 amide bonds. The third-order valence-corrected chi connectivity index (χ3v) is 17.4. The van der Waals surface area contributed by atoms with Crippen molar-refractivity contribution in [3.05, 3.63) is 36.5 Å². The number of ether oxygens (including phenoxy) is 1. The molecule has 0 fully saturated rings. The maximum atomic E-state index is 12.5. The van der Waals surface area contributed by atoms with E-state index in [9.17, 15) is 19.8 Å². The summed E-state index contributed by atoms with van der Waals surface area (Å²) in [7, 11) is 0. The van der Waals surface area contributed by atoms with Gasteiger partial charge in [-0.15, -0.1) is 0 Å². The van der Waals surface area contributed by atoms with Crippen LogP contribution < -0.4 is 5.32 Å². The van der Waals surface area contributed by atoms with Crippen LogP contribution in [0, 0.1) is 0 Å². The minimum absolute atomic E-state index is 0.00664. The van der Waals surface area contributed by atoms with Gasteiger partial charge in [0.25, 0.3) is 0 Å². The van der Waals surface area contributed by atoms with E-state index in [-0.39, 0.29) is 18.5 Å². The van der Waals surface area contributed by atoms with Gasteiger partial charge in [-0.1, -0.05) is 352 Å². The second kappa shape index (κ2) is 71.6. The van der Waals surface area contributed by atoms with Crippen LogP contribution in [0.15, 0.2) is 36.5 Å². The van der Waals surface area contributed by atoms with E-state index >= 15 is 0 Å². The smallest absolute Gasteiger partial charge is 0.305 e. The number of nitrogens with one attached hydrogen (secondary N) is 1. The van der Waals surface area contributed by atoms with E-state index in [2.05, 4.69) is 43.5 Å². The Kier molecular flexibility index (Phi) is 69.9. The van der Waals surface area contributed by atoms with Crippen LogP contribution in [0.5, 0.6) is 0 Å². The highest BCUT2D eigenvalue weighted by Crippen LogP contribution is 2.19. The fourth-order valence-electron chi connectivity index (χ4n) is 11.7. The lowest BCUT2D eigenvalue weighted by Gasteiger charge is -2.20. The van der Waals surface area contributed by atoms with Crippen molar-refractivity contribution in [2.45, 2.75) is 424 Å². The van der Waals surface area contributed by atoms with E-state index in [0.29, 0.717) is 19.4 Å². The first-order valence-corrected chi connectivity index (χ1v) is 37.3. The Bertz CT molecular complexity index is 1330. The van der Waals surface area contributed by atoms with Crippen LogP contribution in [-0.2, 0) is 14.3 Å². The van der Waals surface area contributed by atoms with Crippen molar-refractivity contribution in [3.63, 3.8) is 0 Å². The second-order valence-electron chi connectivity index (χ2n) is 25.6. The zero-order chi connectivity index (χ0) is 59.2. The summed E-state index contributed by atoms with van der Waals surface area (Å²) in [6.07, 6.45) is 92.4. The highest BCUT2D eigenvalue weighted by Gasteiger charge is 2.18. The van der Waals surface area contributed by atoms with Crippen LogP contribution in [0.25, 0.3) is 0 Å². The molecule has 0 radical (unpaired) electrons. The van der Waals surface area contributed by atoms with Gasteiger partial charge in [0.1, 0.15) is 0 Å². The van der Waals surface area contributed by atoms with Crippen LogP contribution in [0.4, 0.5) is 0 Å². The van der Waals surface area contributed by atoms with E-state index < -0.39 is 12.1 Å². The molecule has 0 rings (SSSR count). The summed E-state index contributed by atoms with van der Waals surface area (Å²) in [5.74, 6) is -0.0589. The Balaban J connectivity index is 3.42. The highest BCUT2D eigenvalue weighted by molar-refractivity contribution is 5.76. The highest BCUT2D eigenvalue weighted by atomic mass is 16.5. The molecule has 0 saturated carbocycles. The molecule has 0 aromatic carbocycles. The molecule has 0 aromatic heterocycles. The average Bonchev–Trinajstić information content (AvgIpc) is 3.48. The van der Waals surface area contributed by atoms with E-state index in [0.717, 1.165) is 44.9 Å². The van der Waals surface area contributed by atoms with Crippen LogP contribution in [0.3, 0.4) is 0 Å². The Labute approximate surface area is 513 Å². The van der Waals surface area contributed by atoms with Gasteiger partial charge in [-0.25, -0.2) is 0 Å². The van der Waals surface area contributed by atoms with Gasteiger partial charge in [-0.05, 0) is 83.5 Å². The molecule has 0 aliphatic carbocycles. The number of aliphatic hydroxyl groups excluding tert-OH is 2. The van der Waals surface area contributed by atoms with E-state index in [4.69, 9.17) is 4.74 Å². The molecule has 2 unspecified atom stereocenters. The Morgan fingerprint density at radius 3 is 0.866 bits per heavy atom. The molecule has 0 aromatic rings. The third-order valence-electron chi connectivity index (χ3n) is 17.4. The van der Waals surface area contributed by atoms with Crippen molar-refractivity contribution in [2.24, 2.45) is 0 Å². The quantitative estimate of drug-likeness (QED) is 0.0320. The zero-order valence-electron chi connectivity index (χ0n) is 55.5. The summed E-state index contributed by atoms with van der Waals surface area (Å²) < 4.78 is 5.49. The number of carbonyl (C=O) groups is 2. The molecule has 0 aliphatic rings. The SMILES string of the molecule is CCCCCCCC/C=C\CCCCCCCC(=O)OCCCCCCCCCCCCCC/C=C\CCCCCCCCCCCCC(=O)NC(CO)C(O)/C=C/CCCCCCCCCCCCCCCCCCCCCCCC. The maximum Gasteiger partial charge on any atom is 0.305 e. The van der Waals surface area contributed by atoms with Gasteiger partial charge in [0, 0.05) is 12.8 Å². The number of unbranched alkanes of at least 4 members (excludes halogenated alkanes) is 55. The molecule has 0 aliphatic heterocycles. The fraction of sp³-hybridized carbons (Fsp3) is 0.895. The van der Waals surface area contributed by atoms with Gasteiger partial charge < -0.3 is 20.3 Å². The number of rotatable bonds is 70. The number of esters is 1.